The molecule has 1 fully saturated rings. The molecule has 0 aliphatic carbocycles. The maximum Gasteiger partial charge on any atom is 0.327 e. The molecule has 0 spiro atoms. The van der Waals surface area contributed by atoms with Gasteiger partial charge in [-0.05, 0) is 30.7 Å². The van der Waals surface area contributed by atoms with Crippen LogP contribution in [0.4, 0.5) is 0 Å². The first-order chi connectivity index (χ1) is 9.49. The number of carbonyl (C=O) groups is 2. The van der Waals surface area contributed by atoms with E-state index in [1.54, 1.807) is 6.08 Å². The molecule has 1 aliphatic rings. The molecule has 1 saturated heterocycles. The van der Waals surface area contributed by atoms with E-state index in [1.807, 2.05) is 31.2 Å². The quantitative estimate of drug-likeness (QED) is 0.847. The number of rotatable bonds is 3. The van der Waals surface area contributed by atoms with Gasteiger partial charge in [0.2, 0.25) is 5.91 Å². The van der Waals surface area contributed by atoms with E-state index < -0.39 is 12.0 Å². The second-order valence-electron chi connectivity index (χ2n) is 4.42. The number of benzene rings is 1. The zero-order chi connectivity index (χ0) is 14.7. The second-order valence-corrected chi connectivity index (χ2v) is 6.69. The lowest BCUT2D eigenvalue weighted by molar-refractivity contribution is -0.147. The second kappa shape index (κ2) is 6.45. The van der Waals surface area contributed by atoms with Crippen molar-refractivity contribution in [2.45, 2.75) is 18.3 Å². The van der Waals surface area contributed by atoms with Gasteiger partial charge in [-0.3, -0.25) is 4.79 Å². The molecule has 1 aromatic carbocycles. The highest BCUT2D eigenvalue weighted by Crippen LogP contribution is 2.29. The van der Waals surface area contributed by atoms with Gasteiger partial charge in [0.05, 0.1) is 5.37 Å². The number of thioether (sulfide) groups is 1. The topological polar surface area (TPSA) is 57.6 Å². The van der Waals surface area contributed by atoms with Crippen LogP contribution in [0.5, 0.6) is 0 Å². The number of hydrogen-bond donors (Lipinski definition) is 1. The van der Waals surface area contributed by atoms with Crippen molar-refractivity contribution >= 4 is 45.6 Å². The Balaban J connectivity index is 2.12. The van der Waals surface area contributed by atoms with E-state index in [2.05, 4.69) is 15.9 Å². The molecule has 1 aromatic rings. The maximum atomic E-state index is 12.2. The number of carboxylic acid groups (broad SMARTS) is 1. The number of hydrogen-bond acceptors (Lipinski definition) is 3. The van der Waals surface area contributed by atoms with Crippen LogP contribution in [-0.2, 0) is 9.59 Å². The Kier molecular flexibility index (Phi) is 4.88. The lowest BCUT2D eigenvalue weighted by atomic mass is 10.2. The van der Waals surface area contributed by atoms with Gasteiger partial charge in [0.15, 0.2) is 0 Å². The van der Waals surface area contributed by atoms with E-state index >= 15 is 0 Å². The lowest BCUT2D eigenvalue weighted by Gasteiger charge is -2.23. The third-order valence-electron chi connectivity index (χ3n) is 3.03. The van der Waals surface area contributed by atoms with Gasteiger partial charge < -0.3 is 10.0 Å². The summed E-state index contributed by atoms with van der Waals surface area (Å²) in [6, 6.07) is 6.81. The van der Waals surface area contributed by atoms with Gasteiger partial charge in [0, 0.05) is 16.3 Å². The molecule has 106 valence electrons. The van der Waals surface area contributed by atoms with Crippen LogP contribution in [0.15, 0.2) is 34.8 Å². The van der Waals surface area contributed by atoms with Gasteiger partial charge in [0.25, 0.3) is 0 Å². The van der Waals surface area contributed by atoms with Crippen LogP contribution in [0, 0.1) is 0 Å². The zero-order valence-corrected chi connectivity index (χ0v) is 13.2. The first-order valence-corrected chi connectivity index (χ1v) is 7.93. The average molecular weight is 356 g/mol. The van der Waals surface area contributed by atoms with Gasteiger partial charge >= 0.3 is 5.97 Å². The van der Waals surface area contributed by atoms with Crippen LogP contribution in [-0.4, -0.2) is 39.1 Å². The fourth-order valence-corrected chi connectivity index (χ4v) is 3.62. The number of carboxylic acids is 1. The Morgan fingerprint density at radius 1 is 1.50 bits per heavy atom. The molecule has 1 amide bonds. The van der Waals surface area contributed by atoms with E-state index in [1.165, 1.54) is 22.7 Å². The maximum absolute atomic E-state index is 12.2. The molecule has 6 heteroatoms. The fraction of sp³-hybridized carbons (Fsp3) is 0.286. The van der Waals surface area contributed by atoms with Crippen molar-refractivity contribution in [3.8, 4) is 0 Å². The molecule has 1 heterocycles. The molecule has 0 saturated carbocycles. The van der Waals surface area contributed by atoms with Crippen molar-refractivity contribution in [2.75, 3.05) is 5.75 Å². The van der Waals surface area contributed by atoms with E-state index in [4.69, 9.17) is 5.11 Å². The molecular weight excluding hydrogens is 342 g/mol. The van der Waals surface area contributed by atoms with Crippen LogP contribution < -0.4 is 0 Å². The minimum atomic E-state index is -0.953. The summed E-state index contributed by atoms with van der Waals surface area (Å²) in [6.45, 7) is 1.85. The minimum Gasteiger partial charge on any atom is -0.480 e. The summed E-state index contributed by atoms with van der Waals surface area (Å²) >= 11 is 4.84. The summed E-state index contributed by atoms with van der Waals surface area (Å²) in [5.74, 6) is -0.784. The summed E-state index contributed by atoms with van der Waals surface area (Å²) in [5, 5.41) is 9.02. The third kappa shape index (κ3) is 3.43. The first kappa shape index (κ1) is 15.1. The van der Waals surface area contributed by atoms with E-state index in [0.29, 0.717) is 5.75 Å². The molecule has 2 atom stereocenters. The monoisotopic (exact) mass is 355 g/mol. The van der Waals surface area contributed by atoms with Gasteiger partial charge in [-0.25, -0.2) is 4.79 Å². The van der Waals surface area contributed by atoms with Crippen molar-refractivity contribution in [3.05, 3.63) is 40.4 Å². The Morgan fingerprint density at radius 3 is 2.90 bits per heavy atom. The predicted octanol–water partition coefficient (Wildman–Crippen LogP) is 2.84. The van der Waals surface area contributed by atoms with Crippen LogP contribution in [0.25, 0.3) is 6.08 Å². The van der Waals surface area contributed by atoms with E-state index in [0.717, 1.165) is 10.0 Å². The highest BCUT2D eigenvalue weighted by Gasteiger charge is 2.38. The Morgan fingerprint density at radius 2 is 2.25 bits per heavy atom. The highest BCUT2D eigenvalue weighted by molar-refractivity contribution is 9.10. The summed E-state index contributed by atoms with van der Waals surface area (Å²) in [7, 11) is 0. The minimum absolute atomic E-state index is 0.115. The number of carbonyl (C=O) groups excluding carboxylic acids is 1. The molecular formula is C14H14BrNO3S. The van der Waals surface area contributed by atoms with Gasteiger partial charge in [-0.1, -0.05) is 28.1 Å². The fourth-order valence-electron chi connectivity index (χ4n) is 2.03. The normalized spacial score (nSPS) is 22.4. The molecule has 0 bridgehead atoms. The standard InChI is InChI=1S/C14H14BrNO3S/c1-9-16(12(8-20-9)14(18)19)13(17)6-5-10-3-2-4-11(15)7-10/h2-7,9,12H,8H2,1H3,(H,18,19). The summed E-state index contributed by atoms with van der Waals surface area (Å²) < 4.78 is 0.931. The van der Waals surface area contributed by atoms with E-state index in [9.17, 15) is 9.59 Å². The van der Waals surface area contributed by atoms with Crippen molar-refractivity contribution in [2.24, 2.45) is 0 Å². The van der Waals surface area contributed by atoms with Crippen LogP contribution in [0.3, 0.4) is 0 Å². The van der Waals surface area contributed by atoms with Crippen LogP contribution >= 0.6 is 27.7 Å². The van der Waals surface area contributed by atoms with Gasteiger partial charge in [-0.15, -0.1) is 11.8 Å². The van der Waals surface area contributed by atoms with Crippen molar-refractivity contribution in [1.82, 2.24) is 4.90 Å². The third-order valence-corrected chi connectivity index (χ3v) is 4.74. The molecule has 1 aliphatic heterocycles. The Hall–Kier alpha value is -1.27. The molecule has 0 radical (unpaired) electrons. The lowest BCUT2D eigenvalue weighted by Crippen LogP contribution is -2.43. The largest absolute Gasteiger partial charge is 0.480 e. The highest BCUT2D eigenvalue weighted by atomic mass is 79.9. The number of halogens is 1. The number of amides is 1. The molecule has 2 rings (SSSR count). The molecule has 4 nitrogen and oxygen atoms in total. The summed E-state index contributed by atoms with van der Waals surface area (Å²) in [5.41, 5.74) is 0.888. The number of aliphatic carboxylic acids is 1. The summed E-state index contributed by atoms with van der Waals surface area (Å²) in [6.07, 6.45) is 3.13. The van der Waals surface area contributed by atoms with Gasteiger partial charge in [-0.2, -0.15) is 0 Å². The Bertz CT molecular complexity index is 561. The average Bonchev–Trinajstić information content (AvgIpc) is 2.78. The Labute approximate surface area is 130 Å². The molecule has 0 aromatic heterocycles. The van der Waals surface area contributed by atoms with Crippen LogP contribution in [0.2, 0.25) is 0 Å². The molecule has 20 heavy (non-hydrogen) atoms. The number of nitrogens with zero attached hydrogens (tertiary/aromatic N) is 1. The van der Waals surface area contributed by atoms with Crippen molar-refractivity contribution < 1.29 is 14.7 Å². The molecule has 1 N–H and O–H groups in total. The van der Waals surface area contributed by atoms with Crippen molar-refractivity contribution in [1.29, 1.82) is 0 Å². The first-order valence-electron chi connectivity index (χ1n) is 6.09. The van der Waals surface area contributed by atoms with Gasteiger partial charge in [0.1, 0.15) is 6.04 Å². The SMILES string of the molecule is CC1SCC(C(=O)O)N1C(=O)C=Cc1cccc(Br)c1. The van der Waals surface area contributed by atoms with E-state index in [-0.39, 0.29) is 11.3 Å². The molecule has 2 unspecified atom stereocenters. The van der Waals surface area contributed by atoms with Crippen molar-refractivity contribution in [3.63, 3.8) is 0 Å². The summed E-state index contributed by atoms with van der Waals surface area (Å²) in [4.78, 5) is 24.7. The predicted molar refractivity (Wildman–Crippen MR) is 83.4 cm³/mol. The smallest absolute Gasteiger partial charge is 0.327 e. The van der Waals surface area contributed by atoms with Crippen LogP contribution in [0.1, 0.15) is 12.5 Å². The zero-order valence-electron chi connectivity index (χ0n) is 10.8.